The van der Waals surface area contributed by atoms with Crippen LogP contribution >= 0.6 is 22.7 Å². The van der Waals surface area contributed by atoms with Crippen molar-refractivity contribution in [1.29, 1.82) is 0 Å². The van der Waals surface area contributed by atoms with Gasteiger partial charge in [0.05, 0.1) is 35.1 Å². The van der Waals surface area contributed by atoms with E-state index in [1.165, 1.54) is 11.3 Å². The molecular weight excluding hydrogens is 474 g/mol. The van der Waals surface area contributed by atoms with E-state index < -0.39 is 11.9 Å². The number of benzene rings is 2. The maximum Gasteiger partial charge on any atom is 0.306 e. The van der Waals surface area contributed by atoms with Crippen LogP contribution in [0.15, 0.2) is 47.8 Å². The lowest BCUT2D eigenvalue weighted by atomic mass is 10.1. The molecule has 4 aromatic rings. The maximum absolute atomic E-state index is 12.2. The number of nitrogens with zero attached hydrogens (tertiary/aromatic N) is 2. The molecular formula is C24H23N3O5S2. The number of aryl methyl sites for hydroxylation is 1. The van der Waals surface area contributed by atoms with Crippen LogP contribution in [0.2, 0.25) is 0 Å². The number of methoxy groups -OCH3 is 2. The number of carbonyl (C=O) groups is 2. The third-order valence-corrected chi connectivity index (χ3v) is 6.76. The average molecular weight is 498 g/mol. The van der Waals surface area contributed by atoms with Crippen molar-refractivity contribution in [3.05, 3.63) is 52.9 Å². The summed E-state index contributed by atoms with van der Waals surface area (Å²) >= 11 is 2.89. The summed E-state index contributed by atoms with van der Waals surface area (Å²) in [4.78, 5) is 33.2. The van der Waals surface area contributed by atoms with E-state index in [0.29, 0.717) is 35.2 Å². The number of para-hydroxylation sites is 1. The lowest BCUT2D eigenvalue weighted by molar-refractivity contribution is -0.147. The number of esters is 1. The van der Waals surface area contributed by atoms with E-state index in [0.717, 1.165) is 20.8 Å². The van der Waals surface area contributed by atoms with Gasteiger partial charge < -0.3 is 14.2 Å². The predicted octanol–water partition coefficient (Wildman–Crippen LogP) is 4.94. The molecule has 1 amide bonds. The smallest absolute Gasteiger partial charge is 0.306 e. The quantitative estimate of drug-likeness (QED) is 0.310. The van der Waals surface area contributed by atoms with Gasteiger partial charge in [-0.1, -0.05) is 12.1 Å². The Kier molecular flexibility index (Phi) is 7.71. The molecule has 2 heterocycles. The number of amides is 1. The summed E-state index contributed by atoms with van der Waals surface area (Å²) in [6.07, 6.45) is 1.52. The zero-order valence-electron chi connectivity index (χ0n) is 18.7. The molecule has 0 bridgehead atoms. The van der Waals surface area contributed by atoms with Gasteiger partial charge in [0.2, 0.25) is 0 Å². The van der Waals surface area contributed by atoms with Gasteiger partial charge in [0, 0.05) is 17.4 Å². The molecule has 0 saturated heterocycles. The SMILES string of the molecule is COc1ccc(OC)c(-c2csc(NC(=O)COC(=O)CCCc3nc4ccccc4s3)n2)c1. The number of carbonyl (C=O) groups excluding carboxylic acids is 2. The third-order valence-electron chi connectivity index (χ3n) is 4.91. The van der Waals surface area contributed by atoms with Crippen LogP contribution in [0.3, 0.4) is 0 Å². The van der Waals surface area contributed by atoms with E-state index in [2.05, 4.69) is 15.3 Å². The monoisotopic (exact) mass is 497 g/mol. The molecule has 0 aliphatic heterocycles. The summed E-state index contributed by atoms with van der Waals surface area (Å²) in [5, 5.41) is 5.85. The number of thiazole rings is 2. The number of aromatic nitrogens is 2. The van der Waals surface area contributed by atoms with Crippen molar-refractivity contribution >= 4 is 49.9 Å². The number of anilines is 1. The summed E-state index contributed by atoms with van der Waals surface area (Å²) < 4.78 is 16.9. The molecule has 0 fully saturated rings. The van der Waals surface area contributed by atoms with Crippen molar-refractivity contribution in [3.63, 3.8) is 0 Å². The minimum absolute atomic E-state index is 0.222. The van der Waals surface area contributed by atoms with Crippen molar-refractivity contribution in [2.75, 3.05) is 26.1 Å². The Balaban J connectivity index is 1.23. The van der Waals surface area contributed by atoms with Gasteiger partial charge in [-0.05, 0) is 43.2 Å². The highest BCUT2D eigenvalue weighted by atomic mass is 32.1. The fourth-order valence-electron chi connectivity index (χ4n) is 3.25. The molecule has 34 heavy (non-hydrogen) atoms. The molecule has 176 valence electrons. The van der Waals surface area contributed by atoms with E-state index in [4.69, 9.17) is 14.2 Å². The van der Waals surface area contributed by atoms with Gasteiger partial charge in [0.15, 0.2) is 11.7 Å². The van der Waals surface area contributed by atoms with Gasteiger partial charge in [-0.3, -0.25) is 14.9 Å². The number of rotatable bonds is 10. The van der Waals surface area contributed by atoms with Crippen molar-refractivity contribution in [3.8, 4) is 22.8 Å². The maximum atomic E-state index is 12.2. The second kappa shape index (κ2) is 11.1. The van der Waals surface area contributed by atoms with E-state index in [1.54, 1.807) is 43.1 Å². The van der Waals surface area contributed by atoms with Gasteiger partial charge in [-0.25, -0.2) is 9.97 Å². The van der Waals surface area contributed by atoms with Gasteiger partial charge in [0.25, 0.3) is 5.91 Å². The van der Waals surface area contributed by atoms with E-state index in [9.17, 15) is 9.59 Å². The summed E-state index contributed by atoms with van der Waals surface area (Å²) in [5.41, 5.74) is 2.36. The number of nitrogens with one attached hydrogen (secondary N) is 1. The van der Waals surface area contributed by atoms with Gasteiger partial charge in [-0.15, -0.1) is 22.7 Å². The zero-order valence-corrected chi connectivity index (χ0v) is 20.3. The third kappa shape index (κ3) is 5.89. The Labute approximate surface area is 204 Å². The van der Waals surface area contributed by atoms with Gasteiger partial charge in [-0.2, -0.15) is 0 Å². The van der Waals surface area contributed by atoms with Crippen LogP contribution in [0.1, 0.15) is 17.8 Å². The first-order valence-electron chi connectivity index (χ1n) is 10.5. The standard InChI is InChI=1S/C24H23N3O5S2/c1-30-15-10-11-19(31-2)16(12-15)18-14-33-24(26-18)27-21(28)13-32-23(29)9-5-8-22-25-17-6-3-4-7-20(17)34-22/h3-4,6-7,10-12,14H,5,8-9,13H2,1-2H3,(H,26,27,28). The molecule has 0 aliphatic rings. The first kappa shape index (κ1) is 23.7. The van der Waals surface area contributed by atoms with Gasteiger partial charge >= 0.3 is 5.97 Å². The highest BCUT2D eigenvalue weighted by Crippen LogP contribution is 2.35. The Hall–Kier alpha value is -3.50. The van der Waals surface area contributed by atoms with Crippen LogP contribution in [0.5, 0.6) is 11.5 Å². The summed E-state index contributed by atoms with van der Waals surface area (Å²) in [6, 6.07) is 13.3. The van der Waals surface area contributed by atoms with Crippen molar-refractivity contribution in [1.82, 2.24) is 9.97 Å². The van der Waals surface area contributed by atoms with E-state index >= 15 is 0 Å². The highest BCUT2D eigenvalue weighted by molar-refractivity contribution is 7.18. The second-order valence-electron chi connectivity index (χ2n) is 7.24. The number of hydrogen-bond acceptors (Lipinski definition) is 9. The Morgan fingerprint density at radius 3 is 2.71 bits per heavy atom. The Morgan fingerprint density at radius 1 is 1.06 bits per heavy atom. The van der Waals surface area contributed by atoms with Crippen LogP contribution in [-0.2, 0) is 20.7 Å². The molecule has 2 aromatic heterocycles. The Morgan fingerprint density at radius 2 is 1.91 bits per heavy atom. The minimum Gasteiger partial charge on any atom is -0.497 e. The molecule has 1 N–H and O–H groups in total. The molecule has 4 rings (SSSR count). The molecule has 0 spiro atoms. The lowest BCUT2D eigenvalue weighted by Gasteiger charge is -2.08. The molecule has 0 aliphatic carbocycles. The molecule has 0 atom stereocenters. The summed E-state index contributed by atoms with van der Waals surface area (Å²) in [5.74, 6) is 0.448. The predicted molar refractivity (Wildman–Crippen MR) is 133 cm³/mol. The fourth-order valence-corrected chi connectivity index (χ4v) is 4.99. The van der Waals surface area contributed by atoms with Crippen molar-refractivity contribution < 1.29 is 23.8 Å². The van der Waals surface area contributed by atoms with Crippen molar-refractivity contribution in [2.45, 2.75) is 19.3 Å². The first-order chi connectivity index (χ1) is 16.6. The first-order valence-corrected chi connectivity index (χ1v) is 12.2. The minimum atomic E-state index is -0.446. The second-order valence-corrected chi connectivity index (χ2v) is 9.22. The van der Waals surface area contributed by atoms with Crippen molar-refractivity contribution in [2.24, 2.45) is 0 Å². The zero-order chi connectivity index (χ0) is 23.9. The highest BCUT2D eigenvalue weighted by Gasteiger charge is 2.14. The molecule has 0 radical (unpaired) electrons. The normalized spacial score (nSPS) is 10.8. The number of hydrogen-bond donors (Lipinski definition) is 1. The van der Waals surface area contributed by atoms with Crippen LogP contribution < -0.4 is 14.8 Å². The average Bonchev–Trinajstić information content (AvgIpc) is 3.49. The lowest BCUT2D eigenvalue weighted by Crippen LogP contribution is -2.20. The molecule has 0 saturated carbocycles. The molecule has 2 aromatic carbocycles. The number of ether oxygens (including phenoxy) is 3. The van der Waals surface area contributed by atoms with Gasteiger partial charge in [0.1, 0.15) is 11.5 Å². The molecule has 0 unspecified atom stereocenters. The summed E-state index contributed by atoms with van der Waals surface area (Å²) in [7, 11) is 3.16. The topological polar surface area (TPSA) is 99.6 Å². The van der Waals surface area contributed by atoms with Crippen LogP contribution in [0.4, 0.5) is 5.13 Å². The largest absolute Gasteiger partial charge is 0.497 e. The fraction of sp³-hybridized carbons (Fsp3) is 0.250. The van der Waals surface area contributed by atoms with E-state index in [1.807, 2.05) is 30.3 Å². The van der Waals surface area contributed by atoms with Crippen LogP contribution in [-0.4, -0.2) is 42.7 Å². The van der Waals surface area contributed by atoms with Crippen LogP contribution in [0, 0.1) is 0 Å². The molecule has 8 nitrogen and oxygen atoms in total. The van der Waals surface area contributed by atoms with Crippen LogP contribution in [0.25, 0.3) is 21.5 Å². The number of fused-ring (bicyclic) bond motifs is 1. The molecule has 10 heteroatoms. The van der Waals surface area contributed by atoms with E-state index in [-0.39, 0.29) is 13.0 Å². The summed E-state index contributed by atoms with van der Waals surface area (Å²) in [6.45, 7) is -0.364. The Bertz CT molecular complexity index is 1270.